The summed E-state index contributed by atoms with van der Waals surface area (Å²) in [5.41, 5.74) is 4.66. The highest BCUT2D eigenvalue weighted by molar-refractivity contribution is 5.95. The van der Waals surface area contributed by atoms with Crippen molar-refractivity contribution in [3.8, 4) is 34.1 Å². The maximum Gasteiger partial charge on any atom is 0.161 e. The fraction of sp³-hybridized carbons (Fsp3) is 0.273. The van der Waals surface area contributed by atoms with Crippen LogP contribution in [-0.2, 0) is 0 Å². The molecule has 3 aromatic carbocycles. The largest absolute Gasteiger partial charge is 0.493 e. The number of ether oxygens (including phenoxy) is 4. The Morgan fingerprint density at radius 1 is 0.615 bits per heavy atom. The van der Waals surface area contributed by atoms with Crippen LogP contribution in [0.25, 0.3) is 21.9 Å². The SMILES string of the molecule is COc1ccc(-c2c(C)cc3cc(OC)c(OC)cc3c2C)cc1OC. The Morgan fingerprint density at radius 2 is 1.19 bits per heavy atom. The van der Waals surface area contributed by atoms with Gasteiger partial charge in [0, 0.05) is 0 Å². The number of benzene rings is 3. The Balaban J connectivity index is 2.27. The van der Waals surface area contributed by atoms with E-state index in [0.717, 1.165) is 39.3 Å². The van der Waals surface area contributed by atoms with E-state index in [0.29, 0.717) is 0 Å². The molecule has 0 amide bonds. The average molecular weight is 352 g/mol. The highest BCUT2D eigenvalue weighted by Gasteiger charge is 2.15. The minimum Gasteiger partial charge on any atom is -0.493 e. The molecular formula is C22H24O4. The number of rotatable bonds is 5. The van der Waals surface area contributed by atoms with Crippen LogP contribution in [0.5, 0.6) is 23.0 Å². The number of hydrogen-bond donors (Lipinski definition) is 0. The van der Waals surface area contributed by atoms with Crippen molar-refractivity contribution in [2.45, 2.75) is 13.8 Å². The van der Waals surface area contributed by atoms with Crippen molar-refractivity contribution in [1.29, 1.82) is 0 Å². The van der Waals surface area contributed by atoms with Crippen LogP contribution >= 0.6 is 0 Å². The van der Waals surface area contributed by atoms with Crippen molar-refractivity contribution in [2.24, 2.45) is 0 Å². The second-order valence-electron chi connectivity index (χ2n) is 6.19. The van der Waals surface area contributed by atoms with Gasteiger partial charge < -0.3 is 18.9 Å². The standard InChI is InChI=1S/C22H24O4/c1-13-9-16-11-20(25-5)21(26-6)12-17(16)14(2)22(13)15-7-8-18(23-3)19(10-15)24-4/h7-12H,1-6H3. The average Bonchev–Trinajstić information content (AvgIpc) is 2.66. The van der Waals surface area contributed by atoms with Crippen LogP contribution in [0.1, 0.15) is 11.1 Å². The summed E-state index contributed by atoms with van der Waals surface area (Å²) in [6, 6.07) is 12.2. The summed E-state index contributed by atoms with van der Waals surface area (Å²) in [5.74, 6) is 2.90. The van der Waals surface area contributed by atoms with Crippen molar-refractivity contribution in [3.63, 3.8) is 0 Å². The van der Waals surface area contributed by atoms with Gasteiger partial charge in [0.05, 0.1) is 28.4 Å². The zero-order valence-corrected chi connectivity index (χ0v) is 16.1. The molecule has 0 radical (unpaired) electrons. The van der Waals surface area contributed by atoms with Gasteiger partial charge in [0.25, 0.3) is 0 Å². The van der Waals surface area contributed by atoms with E-state index in [1.807, 2.05) is 24.3 Å². The summed E-state index contributed by atoms with van der Waals surface area (Å²) in [5, 5.41) is 2.26. The highest BCUT2D eigenvalue weighted by atomic mass is 16.5. The summed E-state index contributed by atoms with van der Waals surface area (Å²) in [4.78, 5) is 0. The molecule has 0 atom stereocenters. The van der Waals surface area contributed by atoms with Gasteiger partial charge in [-0.2, -0.15) is 0 Å². The molecule has 4 heteroatoms. The molecule has 136 valence electrons. The van der Waals surface area contributed by atoms with Gasteiger partial charge in [0.15, 0.2) is 23.0 Å². The Bertz CT molecular complexity index is 960. The minimum absolute atomic E-state index is 0.719. The van der Waals surface area contributed by atoms with Crippen molar-refractivity contribution >= 4 is 10.8 Å². The molecule has 0 aromatic heterocycles. The first-order chi connectivity index (χ1) is 12.5. The van der Waals surface area contributed by atoms with Gasteiger partial charge in [-0.1, -0.05) is 12.1 Å². The number of hydrogen-bond acceptors (Lipinski definition) is 4. The Hall–Kier alpha value is -2.88. The van der Waals surface area contributed by atoms with Crippen molar-refractivity contribution < 1.29 is 18.9 Å². The summed E-state index contributed by atoms with van der Waals surface area (Å²) in [7, 11) is 6.60. The lowest BCUT2D eigenvalue weighted by atomic mass is 9.90. The van der Waals surface area contributed by atoms with E-state index in [9.17, 15) is 0 Å². The molecule has 4 nitrogen and oxygen atoms in total. The third kappa shape index (κ3) is 2.92. The van der Waals surface area contributed by atoms with Gasteiger partial charge in [-0.05, 0) is 71.1 Å². The molecule has 3 aromatic rings. The van der Waals surface area contributed by atoms with Gasteiger partial charge in [-0.3, -0.25) is 0 Å². The molecule has 0 aliphatic carbocycles. The van der Waals surface area contributed by atoms with Crippen molar-refractivity contribution in [2.75, 3.05) is 28.4 Å². The first-order valence-electron chi connectivity index (χ1n) is 8.42. The molecule has 0 saturated carbocycles. The van der Waals surface area contributed by atoms with Gasteiger partial charge in [0.2, 0.25) is 0 Å². The molecule has 0 spiro atoms. The fourth-order valence-corrected chi connectivity index (χ4v) is 3.51. The molecule has 0 N–H and O–H groups in total. The second kappa shape index (κ2) is 7.16. The molecule has 3 rings (SSSR count). The molecule has 0 aliphatic heterocycles. The summed E-state index contributed by atoms with van der Waals surface area (Å²) < 4.78 is 21.7. The van der Waals surface area contributed by atoms with Crippen LogP contribution in [0.3, 0.4) is 0 Å². The lowest BCUT2D eigenvalue weighted by molar-refractivity contribution is 0.355. The molecule has 0 bridgehead atoms. The second-order valence-corrected chi connectivity index (χ2v) is 6.19. The van der Waals surface area contributed by atoms with Crippen LogP contribution in [0.15, 0.2) is 36.4 Å². The van der Waals surface area contributed by atoms with E-state index in [2.05, 4.69) is 26.0 Å². The first-order valence-corrected chi connectivity index (χ1v) is 8.42. The smallest absolute Gasteiger partial charge is 0.161 e. The van der Waals surface area contributed by atoms with Crippen LogP contribution in [0.4, 0.5) is 0 Å². The van der Waals surface area contributed by atoms with E-state index in [4.69, 9.17) is 18.9 Å². The van der Waals surface area contributed by atoms with Gasteiger partial charge in [0.1, 0.15) is 0 Å². The highest BCUT2D eigenvalue weighted by Crippen LogP contribution is 2.40. The molecular weight excluding hydrogens is 328 g/mol. The van der Waals surface area contributed by atoms with E-state index >= 15 is 0 Å². The molecule has 0 unspecified atom stereocenters. The topological polar surface area (TPSA) is 36.9 Å². The van der Waals surface area contributed by atoms with Crippen molar-refractivity contribution in [1.82, 2.24) is 0 Å². The Morgan fingerprint density at radius 3 is 1.81 bits per heavy atom. The first kappa shape index (κ1) is 17.9. The Kier molecular flexibility index (Phi) is 4.94. The predicted octanol–water partition coefficient (Wildman–Crippen LogP) is 5.16. The van der Waals surface area contributed by atoms with E-state index < -0.39 is 0 Å². The lowest BCUT2D eigenvalue weighted by Crippen LogP contribution is -1.96. The fourth-order valence-electron chi connectivity index (χ4n) is 3.51. The molecule has 0 fully saturated rings. The van der Waals surface area contributed by atoms with E-state index in [1.54, 1.807) is 28.4 Å². The van der Waals surface area contributed by atoms with E-state index in [1.165, 1.54) is 16.7 Å². The van der Waals surface area contributed by atoms with Gasteiger partial charge in [-0.15, -0.1) is 0 Å². The maximum atomic E-state index is 5.48. The number of methoxy groups -OCH3 is 4. The van der Waals surface area contributed by atoms with Crippen LogP contribution in [0.2, 0.25) is 0 Å². The van der Waals surface area contributed by atoms with Gasteiger partial charge >= 0.3 is 0 Å². The Labute approximate surface area is 154 Å². The molecule has 0 heterocycles. The molecule has 26 heavy (non-hydrogen) atoms. The zero-order chi connectivity index (χ0) is 18.8. The van der Waals surface area contributed by atoms with Crippen LogP contribution in [-0.4, -0.2) is 28.4 Å². The van der Waals surface area contributed by atoms with Crippen LogP contribution in [0, 0.1) is 13.8 Å². The number of fused-ring (bicyclic) bond motifs is 1. The molecule has 0 aliphatic rings. The predicted molar refractivity (Wildman–Crippen MR) is 105 cm³/mol. The minimum atomic E-state index is 0.719. The zero-order valence-electron chi connectivity index (χ0n) is 16.1. The lowest BCUT2D eigenvalue weighted by Gasteiger charge is -2.17. The van der Waals surface area contributed by atoms with Crippen molar-refractivity contribution in [3.05, 3.63) is 47.5 Å². The monoisotopic (exact) mass is 352 g/mol. The number of aryl methyl sites for hydroxylation is 2. The third-order valence-corrected chi connectivity index (χ3v) is 4.77. The normalized spacial score (nSPS) is 10.7. The summed E-state index contributed by atoms with van der Waals surface area (Å²) in [6.45, 7) is 4.25. The summed E-state index contributed by atoms with van der Waals surface area (Å²) >= 11 is 0. The van der Waals surface area contributed by atoms with E-state index in [-0.39, 0.29) is 0 Å². The summed E-state index contributed by atoms with van der Waals surface area (Å²) in [6.07, 6.45) is 0. The van der Waals surface area contributed by atoms with Gasteiger partial charge in [-0.25, -0.2) is 0 Å². The molecule has 0 saturated heterocycles. The maximum absolute atomic E-state index is 5.48. The third-order valence-electron chi connectivity index (χ3n) is 4.77. The quantitative estimate of drug-likeness (QED) is 0.636. The van der Waals surface area contributed by atoms with Crippen LogP contribution < -0.4 is 18.9 Å².